The van der Waals surface area contributed by atoms with Crippen molar-refractivity contribution >= 4 is 18.5 Å². The van der Waals surface area contributed by atoms with Crippen LogP contribution in [0.2, 0.25) is 0 Å². The Hall–Kier alpha value is -2.20. The minimum Gasteiger partial charge on any atom is -0.489 e. The van der Waals surface area contributed by atoms with Gasteiger partial charge in [-0.2, -0.15) is 0 Å². The molecule has 1 fully saturated rings. The number of hydrogen-bond donors (Lipinski definition) is 1. The summed E-state index contributed by atoms with van der Waals surface area (Å²) in [5.41, 5.74) is 2.04. The molecule has 0 unspecified atom stereocenters. The molecular weight excluding hydrogens is 326 g/mol. The predicted molar refractivity (Wildman–Crippen MR) is 95.5 cm³/mol. The van der Waals surface area contributed by atoms with Gasteiger partial charge in [-0.3, -0.25) is 0 Å². The highest BCUT2D eigenvalue weighted by molar-refractivity contribution is 5.85. The van der Waals surface area contributed by atoms with Crippen LogP contribution in [0.3, 0.4) is 0 Å². The standard InChI is InChI=1S/C19H21NO3.ClH/c1-19(2)13-23-18(21)20-17(19)15-8-10-16(11-9-15)22-12-14-6-4-3-5-7-14;/h3-11,17H,12-13H2,1-2H3,(H,20,21);1H/t17-;/m0./s1. The summed E-state index contributed by atoms with van der Waals surface area (Å²) < 4.78 is 10.9. The number of hydrogen-bond acceptors (Lipinski definition) is 3. The average Bonchev–Trinajstić information content (AvgIpc) is 2.57. The van der Waals surface area contributed by atoms with Crippen molar-refractivity contribution in [3.63, 3.8) is 0 Å². The van der Waals surface area contributed by atoms with Gasteiger partial charge in [0.15, 0.2) is 0 Å². The molecule has 2 aromatic rings. The number of amides is 1. The molecule has 3 rings (SSSR count). The molecule has 1 amide bonds. The van der Waals surface area contributed by atoms with E-state index in [0.717, 1.165) is 16.9 Å². The Morgan fingerprint density at radius 2 is 1.79 bits per heavy atom. The molecule has 1 saturated heterocycles. The lowest BCUT2D eigenvalue weighted by molar-refractivity contribution is 0.0387. The first-order valence-corrected chi connectivity index (χ1v) is 7.74. The van der Waals surface area contributed by atoms with Crippen LogP contribution in [-0.2, 0) is 11.3 Å². The first-order chi connectivity index (χ1) is 11.0. The van der Waals surface area contributed by atoms with E-state index in [0.29, 0.717) is 13.2 Å². The van der Waals surface area contributed by atoms with E-state index in [9.17, 15) is 4.79 Å². The van der Waals surface area contributed by atoms with Gasteiger partial charge in [-0.1, -0.05) is 56.3 Å². The molecule has 0 aromatic heterocycles. The summed E-state index contributed by atoms with van der Waals surface area (Å²) in [5, 5.41) is 2.90. The average molecular weight is 348 g/mol. The molecule has 1 aliphatic heterocycles. The molecule has 1 atom stereocenters. The minimum atomic E-state index is -0.362. The summed E-state index contributed by atoms with van der Waals surface area (Å²) in [4.78, 5) is 11.5. The Morgan fingerprint density at radius 3 is 2.46 bits per heavy atom. The summed E-state index contributed by atoms with van der Waals surface area (Å²) >= 11 is 0. The van der Waals surface area contributed by atoms with Crippen molar-refractivity contribution in [1.29, 1.82) is 0 Å². The lowest BCUT2D eigenvalue weighted by Gasteiger charge is -2.38. The van der Waals surface area contributed by atoms with Gasteiger partial charge in [0.05, 0.1) is 6.04 Å². The van der Waals surface area contributed by atoms with Gasteiger partial charge < -0.3 is 14.8 Å². The van der Waals surface area contributed by atoms with Crippen molar-refractivity contribution in [3.05, 3.63) is 65.7 Å². The molecule has 0 radical (unpaired) electrons. The van der Waals surface area contributed by atoms with Crippen molar-refractivity contribution in [2.24, 2.45) is 5.41 Å². The molecule has 1 heterocycles. The number of carbonyl (C=O) groups excluding carboxylic acids is 1. The second kappa shape index (κ2) is 7.58. The largest absolute Gasteiger partial charge is 0.489 e. The Morgan fingerprint density at radius 1 is 1.12 bits per heavy atom. The summed E-state index contributed by atoms with van der Waals surface area (Å²) in [6, 6.07) is 17.9. The fourth-order valence-corrected chi connectivity index (χ4v) is 2.72. The van der Waals surface area contributed by atoms with E-state index in [2.05, 4.69) is 19.2 Å². The monoisotopic (exact) mass is 347 g/mol. The highest BCUT2D eigenvalue weighted by Gasteiger charge is 2.37. The molecule has 1 N–H and O–H groups in total. The van der Waals surface area contributed by atoms with Crippen molar-refractivity contribution < 1.29 is 14.3 Å². The fourth-order valence-electron chi connectivity index (χ4n) is 2.72. The summed E-state index contributed by atoms with van der Waals surface area (Å²) in [7, 11) is 0. The van der Waals surface area contributed by atoms with E-state index in [4.69, 9.17) is 9.47 Å². The van der Waals surface area contributed by atoms with Crippen LogP contribution < -0.4 is 10.1 Å². The van der Waals surface area contributed by atoms with E-state index in [1.54, 1.807) is 0 Å². The Kier molecular flexibility index (Phi) is 5.73. The molecule has 4 nitrogen and oxygen atoms in total. The van der Waals surface area contributed by atoms with Gasteiger partial charge in [0.25, 0.3) is 0 Å². The molecule has 0 aliphatic carbocycles. The van der Waals surface area contributed by atoms with Gasteiger partial charge in [-0.15, -0.1) is 12.4 Å². The van der Waals surface area contributed by atoms with Gasteiger partial charge in [-0.25, -0.2) is 4.79 Å². The third-order valence-corrected chi connectivity index (χ3v) is 4.08. The van der Waals surface area contributed by atoms with Crippen LogP contribution in [0.15, 0.2) is 54.6 Å². The van der Waals surface area contributed by atoms with Crippen LogP contribution in [0.4, 0.5) is 4.79 Å². The molecule has 128 valence electrons. The summed E-state index contributed by atoms with van der Waals surface area (Å²) in [5.74, 6) is 0.814. The molecule has 24 heavy (non-hydrogen) atoms. The van der Waals surface area contributed by atoms with E-state index in [-0.39, 0.29) is 30.0 Å². The molecule has 0 bridgehead atoms. The third-order valence-electron chi connectivity index (χ3n) is 4.08. The number of alkyl carbamates (subject to hydrolysis) is 1. The van der Waals surface area contributed by atoms with Crippen molar-refractivity contribution in [2.75, 3.05) is 6.61 Å². The van der Waals surface area contributed by atoms with E-state index < -0.39 is 0 Å². The molecular formula is C19H22ClNO3. The number of ether oxygens (including phenoxy) is 2. The predicted octanol–water partition coefficient (Wildman–Crippen LogP) is 4.49. The van der Waals surface area contributed by atoms with E-state index >= 15 is 0 Å². The highest BCUT2D eigenvalue weighted by atomic mass is 35.5. The molecule has 1 aliphatic rings. The second-order valence-electron chi connectivity index (χ2n) is 6.49. The zero-order chi connectivity index (χ0) is 16.3. The number of nitrogens with one attached hydrogen (secondary N) is 1. The topological polar surface area (TPSA) is 47.6 Å². The smallest absolute Gasteiger partial charge is 0.407 e. The first-order valence-electron chi connectivity index (χ1n) is 7.74. The van der Waals surface area contributed by atoms with Gasteiger partial charge in [0.2, 0.25) is 0 Å². The first kappa shape index (κ1) is 18.1. The minimum absolute atomic E-state index is 0. The van der Waals surface area contributed by atoms with Gasteiger partial charge >= 0.3 is 6.09 Å². The third kappa shape index (κ3) is 4.20. The van der Waals surface area contributed by atoms with Crippen molar-refractivity contribution in [2.45, 2.75) is 26.5 Å². The van der Waals surface area contributed by atoms with Crippen LogP contribution in [0, 0.1) is 5.41 Å². The van der Waals surface area contributed by atoms with Crippen LogP contribution in [0.1, 0.15) is 31.0 Å². The van der Waals surface area contributed by atoms with Crippen molar-refractivity contribution in [1.82, 2.24) is 5.32 Å². The summed E-state index contributed by atoms with van der Waals surface area (Å²) in [6.45, 7) is 5.11. The van der Waals surface area contributed by atoms with Crippen LogP contribution in [-0.4, -0.2) is 12.7 Å². The summed E-state index contributed by atoms with van der Waals surface area (Å²) in [6.07, 6.45) is -0.362. The number of halogens is 1. The van der Waals surface area contributed by atoms with E-state index in [1.807, 2.05) is 54.6 Å². The van der Waals surface area contributed by atoms with Gasteiger partial charge in [0, 0.05) is 5.41 Å². The lowest BCUT2D eigenvalue weighted by Crippen LogP contribution is -2.46. The van der Waals surface area contributed by atoms with Crippen molar-refractivity contribution in [3.8, 4) is 5.75 Å². The van der Waals surface area contributed by atoms with E-state index in [1.165, 1.54) is 0 Å². The zero-order valence-electron chi connectivity index (χ0n) is 13.8. The number of benzene rings is 2. The molecule has 0 spiro atoms. The maximum Gasteiger partial charge on any atom is 0.407 e. The molecule has 2 aromatic carbocycles. The quantitative estimate of drug-likeness (QED) is 0.886. The highest BCUT2D eigenvalue weighted by Crippen LogP contribution is 2.36. The second-order valence-corrected chi connectivity index (χ2v) is 6.49. The lowest BCUT2D eigenvalue weighted by atomic mass is 9.80. The molecule has 5 heteroatoms. The maximum atomic E-state index is 11.5. The van der Waals surface area contributed by atoms with Crippen LogP contribution in [0.25, 0.3) is 0 Å². The van der Waals surface area contributed by atoms with Gasteiger partial charge in [-0.05, 0) is 23.3 Å². The van der Waals surface area contributed by atoms with Gasteiger partial charge in [0.1, 0.15) is 19.0 Å². The number of carbonyl (C=O) groups is 1. The number of cyclic esters (lactones) is 1. The molecule has 0 saturated carbocycles. The zero-order valence-corrected chi connectivity index (χ0v) is 14.6. The maximum absolute atomic E-state index is 11.5. The Labute approximate surface area is 148 Å². The fraction of sp³-hybridized carbons (Fsp3) is 0.316. The number of rotatable bonds is 4. The normalized spacial score (nSPS) is 18.8. The van der Waals surface area contributed by atoms with Crippen LogP contribution in [0.5, 0.6) is 5.75 Å². The Bertz CT molecular complexity index is 671. The van der Waals surface area contributed by atoms with Crippen LogP contribution >= 0.6 is 12.4 Å². The SMILES string of the molecule is CC1(C)COC(=O)N[C@H]1c1ccc(OCc2ccccc2)cc1.Cl. The Balaban J connectivity index is 0.00000208.